The maximum absolute atomic E-state index is 6.11. The van der Waals surface area contributed by atoms with E-state index in [1.54, 1.807) is 0 Å². The van der Waals surface area contributed by atoms with Gasteiger partial charge >= 0.3 is 0 Å². The van der Waals surface area contributed by atoms with Crippen molar-refractivity contribution in [2.75, 3.05) is 33.2 Å². The summed E-state index contributed by atoms with van der Waals surface area (Å²) >= 11 is 7.43. The SMILES string of the molecule is CN1CCN(C(C)(SCl)C(I)(I)I)CC1. The van der Waals surface area contributed by atoms with Crippen molar-refractivity contribution in [1.29, 1.82) is 0 Å². The van der Waals surface area contributed by atoms with E-state index in [1.165, 1.54) is 11.0 Å². The van der Waals surface area contributed by atoms with Gasteiger partial charge in [-0.1, -0.05) is 67.8 Å². The highest BCUT2D eigenvalue weighted by Crippen LogP contribution is 2.55. The lowest BCUT2D eigenvalue weighted by Gasteiger charge is -2.47. The van der Waals surface area contributed by atoms with Crippen molar-refractivity contribution in [3.8, 4) is 0 Å². The fraction of sp³-hybridized carbons (Fsp3) is 1.00. The van der Waals surface area contributed by atoms with Gasteiger partial charge in [0.2, 0.25) is 0 Å². The zero-order valence-electron chi connectivity index (χ0n) is 8.64. The van der Waals surface area contributed by atoms with Crippen LogP contribution >= 0.6 is 89.4 Å². The molecule has 1 fully saturated rings. The monoisotopic (exact) mass is 586 g/mol. The highest BCUT2D eigenvalue weighted by molar-refractivity contribution is 14.3. The van der Waals surface area contributed by atoms with Crippen LogP contribution in [0.2, 0.25) is 0 Å². The topological polar surface area (TPSA) is 6.48 Å². The van der Waals surface area contributed by atoms with Crippen LogP contribution in [-0.4, -0.2) is 47.3 Å². The summed E-state index contributed by atoms with van der Waals surface area (Å²) in [6.45, 7) is 6.70. The number of hydrogen-bond donors (Lipinski definition) is 0. The van der Waals surface area contributed by atoms with Crippen molar-refractivity contribution in [3.63, 3.8) is 0 Å². The molecular formula is C8H14ClI3N2S. The molecular weight excluding hydrogens is 572 g/mol. The Hall–Kier alpha value is 2.75. The van der Waals surface area contributed by atoms with E-state index in [-0.39, 0.29) is 4.31 Å². The van der Waals surface area contributed by atoms with Crippen molar-refractivity contribution < 1.29 is 0 Å². The molecule has 1 rings (SSSR count). The first-order chi connectivity index (χ1) is 6.81. The van der Waals surface area contributed by atoms with Crippen LogP contribution in [0, 0.1) is 0 Å². The second-order valence-corrected chi connectivity index (χ2v) is 16.3. The number of halogens is 4. The molecule has 1 unspecified atom stereocenters. The predicted molar refractivity (Wildman–Crippen MR) is 95.7 cm³/mol. The molecule has 0 amide bonds. The zero-order chi connectivity index (χ0) is 11.7. The van der Waals surface area contributed by atoms with Gasteiger partial charge in [-0.05, 0) is 35.6 Å². The van der Waals surface area contributed by atoms with Crippen molar-refractivity contribution in [2.24, 2.45) is 0 Å². The fourth-order valence-corrected chi connectivity index (χ4v) is 5.70. The van der Waals surface area contributed by atoms with Gasteiger partial charge in [0, 0.05) is 26.2 Å². The second-order valence-electron chi connectivity index (χ2n) is 3.85. The van der Waals surface area contributed by atoms with Crippen LogP contribution < -0.4 is 0 Å². The zero-order valence-corrected chi connectivity index (χ0v) is 16.7. The lowest BCUT2D eigenvalue weighted by molar-refractivity contribution is 0.112. The standard InChI is InChI=1S/C8H14ClI3N2S/c1-7(15-9,8(10,11)12)14-5-3-13(2)4-6-14/h3-6H2,1-2H3. The molecule has 1 aliphatic rings. The van der Waals surface area contributed by atoms with E-state index in [1.807, 2.05) is 0 Å². The smallest absolute Gasteiger partial charge is 0.152 e. The third kappa shape index (κ3) is 3.85. The molecule has 2 nitrogen and oxygen atoms in total. The molecule has 0 spiro atoms. The van der Waals surface area contributed by atoms with Gasteiger partial charge in [-0.2, -0.15) is 0 Å². The number of piperazine rings is 1. The van der Waals surface area contributed by atoms with Crippen molar-refractivity contribution in [3.05, 3.63) is 0 Å². The number of rotatable bonds is 3. The Morgan fingerprint density at radius 2 is 1.60 bits per heavy atom. The van der Waals surface area contributed by atoms with Gasteiger partial charge in [0.1, 0.15) is 4.87 Å². The van der Waals surface area contributed by atoms with Crippen LogP contribution in [0.25, 0.3) is 0 Å². The van der Waals surface area contributed by atoms with Crippen LogP contribution in [0.15, 0.2) is 0 Å². The molecule has 0 N–H and O–H groups in total. The van der Waals surface area contributed by atoms with E-state index in [0.717, 1.165) is 26.2 Å². The summed E-state index contributed by atoms with van der Waals surface area (Å²) in [5, 5.41) is 0. The van der Waals surface area contributed by atoms with E-state index in [9.17, 15) is 0 Å². The number of hydrogen-bond acceptors (Lipinski definition) is 3. The molecule has 0 saturated carbocycles. The average Bonchev–Trinajstić information content (AvgIpc) is 2.16. The van der Waals surface area contributed by atoms with Crippen LogP contribution in [-0.2, 0) is 0 Å². The Kier molecular flexibility index (Phi) is 6.60. The van der Waals surface area contributed by atoms with Crippen LogP contribution in [0.3, 0.4) is 0 Å². The predicted octanol–water partition coefficient (Wildman–Crippen LogP) is 3.80. The molecule has 1 heterocycles. The number of likely N-dealkylation sites (N-methyl/N-ethyl adjacent to an activating group) is 1. The van der Waals surface area contributed by atoms with Crippen LogP contribution in [0.5, 0.6) is 0 Å². The van der Waals surface area contributed by atoms with Gasteiger partial charge < -0.3 is 4.90 Å². The van der Waals surface area contributed by atoms with E-state index in [4.69, 9.17) is 10.7 Å². The highest BCUT2D eigenvalue weighted by Gasteiger charge is 2.48. The summed E-state index contributed by atoms with van der Waals surface area (Å²) in [4.78, 5) is 4.85. The Balaban J connectivity index is 2.74. The Morgan fingerprint density at radius 3 is 1.93 bits per heavy atom. The normalized spacial score (nSPS) is 25.2. The minimum absolute atomic E-state index is 0.0164. The maximum Gasteiger partial charge on any atom is 0.152 e. The third-order valence-corrected chi connectivity index (χ3v) is 8.80. The van der Waals surface area contributed by atoms with Gasteiger partial charge in [-0.15, -0.1) is 0 Å². The lowest BCUT2D eigenvalue weighted by Crippen LogP contribution is -2.58. The summed E-state index contributed by atoms with van der Waals surface area (Å²) in [5.74, 6) is 0. The molecule has 1 aliphatic heterocycles. The molecule has 7 heteroatoms. The molecule has 15 heavy (non-hydrogen) atoms. The first kappa shape index (κ1) is 15.8. The summed E-state index contributed by atoms with van der Waals surface area (Å²) in [6, 6.07) is 0. The molecule has 0 aromatic heterocycles. The van der Waals surface area contributed by atoms with Gasteiger partial charge in [0.05, 0.1) is 0 Å². The molecule has 0 aromatic carbocycles. The Bertz CT molecular complexity index is 218. The van der Waals surface area contributed by atoms with E-state index in [2.05, 4.69) is 91.5 Å². The van der Waals surface area contributed by atoms with Crippen LogP contribution in [0.4, 0.5) is 0 Å². The first-order valence-corrected chi connectivity index (χ1v) is 9.49. The fourth-order valence-electron chi connectivity index (χ4n) is 1.50. The summed E-state index contributed by atoms with van der Waals surface area (Å²) < 4.78 is 0.0998. The number of alkyl halides is 3. The first-order valence-electron chi connectivity index (χ1n) is 4.61. The van der Waals surface area contributed by atoms with Crippen LogP contribution in [0.1, 0.15) is 6.92 Å². The summed E-state index contributed by atoms with van der Waals surface area (Å²) in [7, 11) is 9.73. The van der Waals surface area contributed by atoms with Crippen molar-refractivity contribution in [2.45, 2.75) is 11.2 Å². The summed E-state index contributed by atoms with van der Waals surface area (Å²) in [6.07, 6.45) is 0. The summed E-state index contributed by atoms with van der Waals surface area (Å²) in [5.41, 5.74) is 0. The van der Waals surface area contributed by atoms with Gasteiger partial charge in [-0.25, -0.2) is 0 Å². The van der Waals surface area contributed by atoms with E-state index >= 15 is 0 Å². The van der Waals surface area contributed by atoms with E-state index < -0.39 is 0 Å². The van der Waals surface area contributed by atoms with Gasteiger partial charge in [0.25, 0.3) is 0 Å². The Labute approximate surface area is 142 Å². The number of nitrogens with zero attached hydrogens (tertiary/aromatic N) is 2. The molecule has 1 saturated heterocycles. The molecule has 0 bridgehead atoms. The third-order valence-electron chi connectivity index (χ3n) is 2.78. The lowest BCUT2D eigenvalue weighted by atomic mass is 10.2. The molecule has 1 atom stereocenters. The molecule has 0 aromatic rings. The van der Waals surface area contributed by atoms with Crippen molar-refractivity contribution in [1.82, 2.24) is 9.80 Å². The molecule has 90 valence electrons. The molecule has 0 aliphatic carbocycles. The van der Waals surface area contributed by atoms with Gasteiger partial charge in [0.15, 0.2) is -0.565 Å². The van der Waals surface area contributed by atoms with Gasteiger partial charge in [-0.3, -0.25) is 4.90 Å². The minimum atomic E-state index is -0.0164. The largest absolute Gasteiger partial charge is 0.304 e. The van der Waals surface area contributed by atoms with Crippen molar-refractivity contribution >= 4 is 89.4 Å². The second kappa shape index (κ2) is 6.27. The Morgan fingerprint density at radius 1 is 1.13 bits per heavy atom. The average molecular weight is 586 g/mol. The van der Waals surface area contributed by atoms with E-state index in [0.29, 0.717) is 0 Å². The quantitative estimate of drug-likeness (QED) is 0.367. The minimum Gasteiger partial charge on any atom is -0.304 e. The molecule has 0 radical (unpaired) electrons. The highest BCUT2D eigenvalue weighted by atomic mass is 127. The maximum atomic E-state index is 6.11.